The van der Waals surface area contributed by atoms with E-state index in [1.54, 1.807) is 18.0 Å². The van der Waals surface area contributed by atoms with E-state index in [1.165, 1.54) is 6.08 Å². The molecule has 0 radical (unpaired) electrons. The fourth-order valence-electron chi connectivity index (χ4n) is 3.59. The van der Waals surface area contributed by atoms with Crippen molar-refractivity contribution in [2.24, 2.45) is 0 Å². The fourth-order valence-corrected chi connectivity index (χ4v) is 3.59. The van der Waals surface area contributed by atoms with Crippen LogP contribution in [0.4, 0.5) is 23.1 Å². The van der Waals surface area contributed by atoms with Crippen LogP contribution in [0.1, 0.15) is 17.5 Å². The molecule has 35 heavy (non-hydrogen) atoms. The van der Waals surface area contributed by atoms with Crippen molar-refractivity contribution in [2.75, 3.05) is 42.9 Å². The predicted molar refractivity (Wildman–Crippen MR) is 135 cm³/mol. The Balaban J connectivity index is 1.53. The van der Waals surface area contributed by atoms with E-state index in [4.69, 9.17) is 14.5 Å². The highest BCUT2D eigenvalue weighted by atomic mass is 16.5. The van der Waals surface area contributed by atoms with Gasteiger partial charge in [0.25, 0.3) is 0 Å². The molecule has 1 aliphatic rings. The zero-order valence-corrected chi connectivity index (χ0v) is 19.7. The molecule has 1 amide bonds. The van der Waals surface area contributed by atoms with Crippen LogP contribution in [0.15, 0.2) is 61.6 Å². The molecule has 0 fully saturated rings. The van der Waals surface area contributed by atoms with Gasteiger partial charge in [-0.1, -0.05) is 24.8 Å². The highest BCUT2D eigenvalue weighted by Crippen LogP contribution is 2.28. The average Bonchev–Trinajstić information content (AvgIpc) is 3.34. The first kappa shape index (κ1) is 24.1. The van der Waals surface area contributed by atoms with Gasteiger partial charge in [-0.3, -0.25) is 9.48 Å². The lowest BCUT2D eigenvalue weighted by Gasteiger charge is -2.18. The third-order valence-electron chi connectivity index (χ3n) is 5.35. The zero-order valence-electron chi connectivity index (χ0n) is 19.7. The van der Waals surface area contributed by atoms with Gasteiger partial charge in [0.05, 0.1) is 38.2 Å². The first-order valence-corrected chi connectivity index (χ1v) is 11.3. The summed E-state index contributed by atoms with van der Waals surface area (Å²) in [6.07, 6.45) is 9.53. The SMILES string of the molecule is C=CC(=O)Nc1cccc(CNc2nc(Nc3cnn(CCOC)c3)ncc2C2=CCOCC2)c1. The van der Waals surface area contributed by atoms with Crippen molar-refractivity contribution in [3.05, 3.63) is 72.7 Å². The number of carbonyl (C=O) groups is 1. The molecule has 3 N–H and O–H groups in total. The summed E-state index contributed by atoms with van der Waals surface area (Å²) in [5.41, 5.74) is 4.56. The second kappa shape index (κ2) is 11.9. The number of amides is 1. The maximum absolute atomic E-state index is 11.6. The van der Waals surface area contributed by atoms with Gasteiger partial charge in [-0.15, -0.1) is 0 Å². The summed E-state index contributed by atoms with van der Waals surface area (Å²) in [5.74, 6) is 0.922. The molecule has 3 heterocycles. The molecule has 2 aromatic heterocycles. The van der Waals surface area contributed by atoms with Crippen LogP contribution in [0.2, 0.25) is 0 Å². The largest absolute Gasteiger partial charge is 0.383 e. The highest BCUT2D eigenvalue weighted by molar-refractivity contribution is 5.98. The van der Waals surface area contributed by atoms with Crippen LogP contribution in [0.3, 0.4) is 0 Å². The highest BCUT2D eigenvalue weighted by Gasteiger charge is 2.15. The molecule has 0 spiro atoms. The number of anilines is 4. The number of aromatic nitrogens is 4. The summed E-state index contributed by atoms with van der Waals surface area (Å²) >= 11 is 0. The summed E-state index contributed by atoms with van der Waals surface area (Å²) in [5, 5.41) is 13.8. The van der Waals surface area contributed by atoms with Crippen LogP contribution < -0.4 is 16.0 Å². The second-order valence-corrected chi connectivity index (χ2v) is 7.87. The summed E-state index contributed by atoms with van der Waals surface area (Å²) in [7, 11) is 1.66. The molecular weight excluding hydrogens is 446 g/mol. The Labute approximate surface area is 204 Å². The number of methoxy groups -OCH3 is 1. The van der Waals surface area contributed by atoms with Crippen molar-refractivity contribution in [1.29, 1.82) is 0 Å². The van der Waals surface area contributed by atoms with Gasteiger partial charge in [0.15, 0.2) is 0 Å². The average molecular weight is 476 g/mol. The molecule has 0 aliphatic carbocycles. The molecule has 1 aliphatic heterocycles. The number of ether oxygens (including phenoxy) is 2. The Kier molecular flexibility index (Phi) is 8.21. The van der Waals surface area contributed by atoms with Crippen LogP contribution in [0.25, 0.3) is 5.57 Å². The minimum Gasteiger partial charge on any atom is -0.383 e. The Bertz CT molecular complexity index is 1210. The summed E-state index contributed by atoms with van der Waals surface area (Å²) in [4.78, 5) is 20.9. The molecule has 4 rings (SSSR count). The van der Waals surface area contributed by atoms with Crippen molar-refractivity contribution in [2.45, 2.75) is 19.5 Å². The van der Waals surface area contributed by atoms with E-state index in [1.807, 2.05) is 36.7 Å². The van der Waals surface area contributed by atoms with Gasteiger partial charge >= 0.3 is 0 Å². The Morgan fingerprint density at radius 2 is 2.23 bits per heavy atom. The van der Waals surface area contributed by atoms with Crippen molar-refractivity contribution in [3.8, 4) is 0 Å². The van der Waals surface area contributed by atoms with Crippen molar-refractivity contribution in [3.63, 3.8) is 0 Å². The Morgan fingerprint density at radius 3 is 3.03 bits per heavy atom. The van der Waals surface area contributed by atoms with Gasteiger partial charge in [-0.05, 0) is 35.8 Å². The molecule has 0 bridgehead atoms. The van der Waals surface area contributed by atoms with Crippen molar-refractivity contribution >= 4 is 34.6 Å². The quantitative estimate of drug-likeness (QED) is 0.360. The van der Waals surface area contributed by atoms with E-state index in [0.29, 0.717) is 50.4 Å². The molecule has 0 unspecified atom stereocenters. The first-order valence-electron chi connectivity index (χ1n) is 11.3. The van der Waals surface area contributed by atoms with Gasteiger partial charge in [-0.2, -0.15) is 10.1 Å². The molecule has 0 atom stereocenters. The third kappa shape index (κ3) is 6.75. The number of rotatable bonds is 11. The fraction of sp³-hybridized carbons (Fsp3) is 0.280. The molecule has 10 nitrogen and oxygen atoms in total. The zero-order chi connectivity index (χ0) is 24.5. The molecule has 182 valence electrons. The van der Waals surface area contributed by atoms with Gasteiger partial charge < -0.3 is 25.4 Å². The monoisotopic (exact) mass is 475 g/mol. The molecular formula is C25H29N7O3. The topological polar surface area (TPSA) is 115 Å². The van der Waals surface area contributed by atoms with Crippen molar-refractivity contribution in [1.82, 2.24) is 19.7 Å². The third-order valence-corrected chi connectivity index (χ3v) is 5.35. The van der Waals surface area contributed by atoms with Gasteiger partial charge in [0.1, 0.15) is 5.82 Å². The van der Waals surface area contributed by atoms with E-state index in [2.05, 4.69) is 38.7 Å². The lowest BCUT2D eigenvalue weighted by molar-refractivity contribution is -0.111. The van der Waals surface area contributed by atoms with Crippen molar-refractivity contribution < 1.29 is 14.3 Å². The van der Waals surface area contributed by atoms with Gasteiger partial charge in [-0.25, -0.2) is 4.98 Å². The molecule has 10 heteroatoms. The Morgan fingerprint density at radius 1 is 1.31 bits per heavy atom. The van der Waals surface area contributed by atoms with Crippen LogP contribution in [0.5, 0.6) is 0 Å². The lowest BCUT2D eigenvalue weighted by Crippen LogP contribution is -2.11. The van der Waals surface area contributed by atoms with Crippen LogP contribution in [0, 0.1) is 0 Å². The van der Waals surface area contributed by atoms with E-state index in [-0.39, 0.29) is 5.91 Å². The minimum atomic E-state index is -0.249. The summed E-state index contributed by atoms with van der Waals surface area (Å²) < 4.78 is 12.4. The molecule has 3 aromatic rings. The van der Waals surface area contributed by atoms with Crippen LogP contribution >= 0.6 is 0 Å². The molecule has 0 saturated carbocycles. The van der Waals surface area contributed by atoms with Crippen LogP contribution in [-0.4, -0.2) is 52.6 Å². The normalized spacial score (nSPS) is 13.1. The number of nitrogens with one attached hydrogen (secondary N) is 3. The van der Waals surface area contributed by atoms with E-state index in [0.717, 1.165) is 28.8 Å². The van der Waals surface area contributed by atoms with Gasteiger partial charge in [0, 0.05) is 37.3 Å². The number of hydrogen-bond donors (Lipinski definition) is 3. The minimum absolute atomic E-state index is 0.249. The number of carbonyl (C=O) groups excluding carboxylic acids is 1. The number of hydrogen-bond acceptors (Lipinski definition) is 8. The van der Waals surface area contributed by atoms with Crippen LogP contribution in [-0.2, 0) is 27.4 Å². The van der Waals surface area contributed by atoms with E-state index in [9.17, 15) is 4.79 Å². The van der Waals surface area contributed by atoms with Gasteiger partial charge in [0.2, 0.25) is 11.9 Å². The molecule has 0 saturated heterocycles. The summed E-state index contributed by atoms with van der Waals surface area (Å²) in [6.45, 7) is 6.48. The predicted octanol–water partition coefficient (Wildman–Crippen LogP) is 3.60. The first-order chi connectivity index (χ1) is 17.1. The number of nitrogens with zero attached hydrogens (tertiary/aromatic N) is 4. The number of benzene rings is 1. The van der Waals surface area contributed by atoms with E-state index >= 15 is 0 Å². The Hall–Kier alpha value is -4.02. The summed E-state index contributed by atoms with van der Waals surface area (Å²) in [6, 6.07) is 7.63. The lowest BCUT2D eigenvalue weighted by atomic mass is 10.0. The second-order valence-electron chi connectivity index (χ2n) is 7.87. The maximum Gasteiger partial charge on any atom is 0.247 e. The standard InChI is InChI=1S/C25H29N7O3/c1-3-23(33)29-20-6-4-5-18(13-20)14-26-24-22(19-7-10-35-11-8-19)16-27-25(31-24)30-21-15-28-32(17-21)9-12-34-2/h3-7,13,15-17H,1,8-12,14H2,2H3,(H,29,33)(H2,26,27,30,31). The molecule has 1 aromatic carbocycles. The smallest absolute Gasteiger partial charge is 0.247 e. The maximum atomic E-state index is 11.6. The van der Waals surface area contributed by atoms with E-state index < -0.39 is 0 Å².